The molecular formula is C21H25ClFN3O. The van der Waals surface area contributed by atoms with E-state index in [1.54, 1.807) is 12.3 Å². The van der Waals surface area contributed by atoms with Crippen molar-refractivity contribution in [3.05, 3.63) is 46.4 Å². The Morgan fingerprint density at radius 2 is 1.96 bits per heavy atom. The van der Waals surface area contributed by atoms with Crippen LogP contribution >= 0.6 is 11.6 Å². The van der Waals surface area contributed by atoms with Crippen molar-refractivity contribution in [2.45, 2.75) is 46.3 Å². The van der Waals surface area contributed by atoms with Crippen molar-refractivity contribution in [2.24, 2.45) is 0 Å². The van der Waals surface area contributed by atoms with E-state index in [4.69, 9.17) is 21.3 Å². The molecule has 0 saturated carbocycles. The van der Waals surface area contributed by atoms with Crippen LogP contribution < -0.4 is 0 Å². The molecule has 0 aliphatic heterocycles. The molecule has 3 aromatic heterocycles. The Hall–Kier alpha value is -1.98. The fourth-order valence-electron chi connectivity index (χ4n) is 3.34. The van der Waals surface area contributed by atoms with E-state index in [1.165, 1.54) is 18.6 Å². The van der Waals surface area contributed by atoms with Crippen LogP contribution in [0.25, 0.3) is 22.3 Å². The number of methoxy groups -OCH3 is 1. The third-order valence-corrected chi connectivity index (χ3v) is 5.06. The monoisotopic (exact) mass is 389 g/mol. The highest BCUT2D eigenvalue weighted by Crippen LogP contribution is 2.35. The molecule has 0 aromatic carbocycles. The molecule has 3 aromatic rings. The molecule has 0 N–H and O–H groups in total. The van der Waals surface area contributed by atoms with Crippen LogP contribution in [0, 0.1) is 13.8 Å². The molecule has 0 aliphatic carbocycles. The number of aryl methyl sites for hydroxylation is 2. The topological polar surface area (TPSA) is 39.9 Å². The summed E-state index contributed by atoms with van der Waals surface area (Å²) in [6.45, 7) is 9.51. The van der Waals surface area contributed by atoms with Crippen molar-refractivity contribution in [1.29, 1.82) is 0 Å². The van der Waals surface area contributed by atoms with E-state index in [2.05, 4.69) is 18.8 Å². The molecule has 0 radical (unpaired) electrons. The van der Waals surface area contributed by atoms with E-state index in [1.807, 2.05) is 26.0 Å². The van der Waals surface area contributed by atoms with E-state index in [0.29, 0.717) is 22.2 Å². The molecular weight excluding hydrogens is 365 g/mol. The number of nitrogens with zero attached hydrogens (tertiary/aromatic N) is 3. The Morgan fingerprint density at radius 1 is 1.26 bits per heavy atom. The van der Waals surface area contributed by atoms with Gasteiger partial charge in [-0.15, -0.1) is 0 Å². The molecule has 4 nitrogen and oxygen atoms in total. The maximum Gasteiger partial charge on any atom is 0.207 e. The van der Waals surface area contributed by atoms with Gasteiger partial charge in [-0.1, -0.05) is 25.4 Å². The number of aromatic nitrogens is 3. The Labute approximate surface area is 164 Å². The lowest BCUT2D eigenvalue weighted by Crippen LogP contribution is -2.29. The maximum absolute atomic E-state index is 15.1. The molecule has 6 heteroatoms. The first-order chi connectivity index (χ1) is 12.7. The Bertz CT molecular complexity index is 995. The summed E-state index contributed by atoms with van der Waals surface area (Å²) >= 11 is 6.56. The van der Waals surface area contributed by atoms with E-state index in [0.717, 1.165) is 28.0 Å². The van der Waals surface area contributed by atoms with Crippen LogP contribution in [0.4, 0.5) is 4.39 Å². The largest absolute Gasteiger partial charge is 0.379 e. The van der Waals surface area contributed by atoms with Gasteiger partial charge in [-0.2, -0.15) is 0 Å². The first-order valence-corrected chi connectivity index (χ1v) is 9.38. The van der Waals surface area contributed by atoms with Gasteiger partial charge in [-0.3, -0.25) is 4.98 Å². The molecule has 0 amide bonds. The van der Waals surface area contributed by atoms with Crippen molar-refractivity contribution in [1.82, 2.24) is 14.5 Å². The fourth-order valence-corrected chi connectivity index (χ4v) is 3.58. The smallest absolute Gasteiger partial charge is 0.207 e. The summed E-state index contributed by atoms with van der Waals surface area (Å²) < 4.78 is 21.6. The molecule has 144 valence electrons. The van der Waals surface area contributed by atoms with Crippen molar-refractivity contribution >= 4 is 22.6 Å². The van der Waals surface area contributed by atoms with Crippen molar-refractivity contribution in [3.8, 4) is 11.3 Å². The zero-order valence-electron chi connectivity index (χ0n) is 16.6. The summed E-state index contributed by atoms with van der Waals surface area (Å²) in [6, 6.07) is 5.79. The van der Waals surface area contributed by atoms with E-state index >= 15 is 4.39 Å². The summed E-state index contributed by atoms with van der Waals surface area (Å²) in [5, 5.41) is 0.470. The van der Waals surface area contributed by atoms with Gasteiger partial charge in [0.15, 0.2) is 0 Å². The van der Waals surface area contributed by atoms with Crippen molar-refractivity contribution < 1.29 is 9.13 Å². The SMILES string of the molecule is COC[C@@](C)(F)n1cc(C)c2nc(-c3ccc(C(C)C)nc3C)c(Cl)cc21. The van der Waals surface area contributed by atoms with Gasteiger partial charge in [0.1, 0.15) is 0 Å². The zero-order chi connectivity index (χ0) is 19.9. The van der Waals surface area contributed by atoms with Gasteiger partial charge in [0, 0.05) is 30.3 Å². The second-order valence-electron chi connectivity index (χ2n) is 7.47. The average molecular weight is 390 g/mol. The molecule has 0 saturated heterocycles. The average Bonchev–Trinajstić information content (AvgIpc) is 2.91. The third-order valence-electron chi connectivity index (χ3n) is 4.78. The standard InChI is InChI=1S/C21H25ClFN3O/c1-12(2)17-8-7-15(14(4)24-17)20-16(22)9-18-19(25-20)13(3)10-26(18)21(5,23)11-27-6/h7-10,12H,11H2,1-6H3/t21-/m0/s1. The highest BCUT2D eigenvalue weighted by molar-refractivity contribution is 6.33. The van der Waals surface area contributed by atoms with E-state index in [-0.39, 0.29) is 6.61 Å². The number of hydrogen-bond donors (Lipinski definition) is 0. The van der Waals surface area contributed by atoms with Crippen LogP contribution in [-0.2, 0) is 10.5 Å². The summed E-state index contributed by atoms with van der Waals surface area (Å²) in [5.41, 5.74) is 5.71. The number of alkyl halides is 1. The summed E-state index contributed by atoms with van der Waals surface area (Å²) in [6.07, 6.45) is 1.75. The van der Waals surface area contributed by atoms with Crippen molar-refractivity contribution in [3.63, 3.8) is 0 Å². The minimum Gasteiger partial charge on any atom is -0.379 e. The van der Waals surface area contributed by atoms with Gasteiger partial charge in [0.05, 0.1) is 28.4 Å². The van der Waals surface area contributed by atoms with Gasteiger partial charge in [-0.05, 0) is 50.5 Å². The normalized spacial score (nSPS) is 14.1. The molecule has 3 heterocycles. The summed E-state index contributed by atoms with van der Waals surface area (Å²) in [4.78, 5) is 9.45. The number of hydrogen-bond acceptors (Lipinski definition) is 3. The van der Waals surface area contributed by atoms with Crippen LogP contribution in [0.15, 0.2) is 24.4 Å². The minimum absolute atomic E-state index is 0.0602. The van der Waals surface area contributed by atoms with Gasteiger partial charge >= 0.3 is 0 Å². The molecule has 0 bridgehead atoms. The summed E-state index contributed by atoms with van der Waals surface area (Å²) in [5.74, 6) is -1.34. The van der Waals surface area contributed by atoms with Crippen LogP contribution in [0.5, 0.6) is 0 Å². The van der Waals surface area contributed by atoms with Crippen LogP contribution in [0.2, 0.25) is 5.02 Å². The minimum atomic E-state index is -1.69. The molecule has 3 rings (SSSR count). The Morgan fingerprint density at radius 3 is 2.56 bits per heavy atom. The van der Waals surface area contributed by atoms with Gasteiger partial charge in [0.2, 0.25) is 5.79 Å². The van der Waals surface area contributed by atoms with Gasteiger partial charge < -0.3 is 9.30 Å². The Kier molecular flexibility index (Phi) is 5.28. The van der Waals surface area contributed by atoms with Crippen LogP contribution in [0.3, 0.4) is 0 Å². The second kappa shape index (κ2) is 7.21. The molecule has 0 aliphatic rings. The highest BCUT2D eigenvalue weighted by atomic mass is 35.5. The van der Waals surface area contributed by atoms with Gasteiger partial charge in [0.25, 0.3) is 0 Å². The third kappa shape index (κ3) is 3.58. The first-order valence-electron chi connectivity index (χ1n) is 9.00. The molecule has 27 heavy (non-hydrogen) atoms. The van der Waals surface area contributed by atoms with E-state index in [9.17, 15) is 0 Å². The van der Waals surface area contributed by atoms with Crippen molar-refractivity contribution in [2.75, 3.05) is 13.7 Å². The number of halogens is 2. The molecule has 0 fully saturated rings. The van der Waals surface area contributed by atoms with Gasteiger partial charge in [-0.25, -0.2) is 9.37 Å². The number of fused-ring (bicyclic) bond motifs is 1. The fraction of sp³-hybridized carbons (Fsp3) is 0.429. The first kappa shape index (κ1) is 19.8. The van der Waals surface area contributed by atoms with E-state index < -0.39 is 5.79 Å². The molecule has 0 unspecified atom stereocenters. The zero-order valence-corrected chi connectivity index (χ0v) is 17.4. The summed E-state index contributed by atoms with van der Waals surface area (Å²) in [7, 11) is 1.48. The number of pyridine rings is 2. The maximum atomic E-state index is 15.1. The lowest BCUT2D eigenvalue weighted by molar-refractivity contribution is -0.000263. The quantitative estimate of drug-likeness (QED) is 0.555. The second-order valence-corrected chi connectivity index (χ2v) is 7.88. The number of ether oxygens (including phenoxy) is 1. The predicted molar refractivity (Wildman–Crippen MR) is 108 cm³/mol. The molecule has 1 atom stereocenters. The number of rotatable bonds is 5. The Balaban J connectivity index is 2.18. The lowest BCUT2D eigenvalue weighted by Gasteiger charge is -2.22. The lowest BCUT2D eigenvalue weighted by atomic mass is 10.0. The highest BCUT2D eigenvalue weighted by Gasteiger charge is 2.28. The van der Waals surface area contributed by atoms with Crippen LogP contribution in [-0.4, -0.2) is 28.3 Å². The van der Waals surface area contributed by atoms with Crippen LogP contribution in [0.1, 0.15) is 43.6 Å². The predicted octanol–water partition coefficient (Wildman–Crippen LogP) is 5.78. The molecule has 0 spiro atoms.